The van der Waals surface area contributed by atoms with Crippen molar-refractivity contribution < 1.29 is 19.2 Å². The Labute approximate surface area is 123 Å². The molecule has 0 aliphatic heterocycles. The third-order valence-electron chi connectivity index (χ3n) is 3.79. The largest absolute Gasteiger partial charge is 0.497 e. The summed E-state index contributed by atoms with van der Waals surface area (Å²) in [5, 5.41) is 11.0. The molecule has 21 heavy (non-hydrogen) atoms. The summed E-state index contributed by atoms with van der Waals surface area (Å²) in [6.45, 7) is -0.126. The zero-order valence-corrected chi connectivity index (χ0v) is 12.0. The summed E-state index contributed by atoms with van der Waals surface area (Å²) in [5.41, 5.74) is -0.160. The quantitative estimate of drug-likeness (QED) is 0.594. The molecule has 0 bridgehead atoms. The lowest BCUT2D eigenvalue weighted by molar-refractivity contribution is -0.385. The number of ether oxygens (including phenoxy) is 2. The molecule has 0 heterocycles. The summed E-state index contributed by atoms with van der Waals surface area (Å²) < 4.78 is 10.4. The number of rotatable bonds is 6. The number of benzene rings is 1. The monoisotopic (exact) mass is 293 g/mol. The van der Waals surface area contributed by atoms with Gasteiger partial charge in [-0.15, -0.1) is 0 Å². The number of methoxy groups -OCH3 is 1. The Kier molecular flexibility index (Phi) is 5.14. The van der Waals surface area contributed by atoms with E-state index in [9.17, 15) is 14.9 Å². The van der Waals surface area contributed by atoms with Crippen molar-refractivity contribution in [2.75, 3.05) is 13.7 Å². The van der Waals surface area contributed by atoms with Crippen molar-refractivity contribution in [1.29, 1.82) is 0 Å². The van der Waals surface area contributed by atoms with Gasteiger partial charge < -0.3 is 9.47 Å². The number of carbonyl (C=O) groups is 1. The molecule has 0 spiro atoms. The van der Waals surface area contributed by atoms with Crippen LogP contribution in [0.1, 0.15) is 32.1 Å². The number of nitro groups is 1. The zero-order valence-electron chi connectivity index (χ0n) is 12.0. The maximum Gasteiger partial charge on any atom is 0.311 e. The van der Waals surface area contributed by atoms with Gasteiger partial charge in [-0.3, -0.25) is 14.9 Å². The van der Waals surface area contributed by atoms with Crippen LogP contribution in [0.2, 0.25) is 0 Å². The number of carbonyl (C=O) groups excluding carboxylic acids is 1. The Morgan fingerprint density at radius 2 is 2.05 bits per heavy atom. The minimum absolute atomic E-state index is 0.0202. The Morgan fingerprint density at radius 3 is 2.67 bits per heavy atom. The van der Waals surface area contributed by atoms with Crippen LogP contribution >= 0.6 is 0 Å². The summed E-state index contributed by atoms with van der Waals surface area (Å²) in [6, 6.07) is 4.25. The topological polar surface area (TPSA) is 78.7 Å². The van der Waals surface area contributed by atoms with E-state index < -0.39 is 4.92 Å². The van der Waals surface area contributed by atoms with Gasteiger partial charge >= 0.3 is 5.69 Å². The molecule has 1 saturated carbocycles. The molecule has 0 aromatic heterocycles. The van der Waals surface area contributed by atoms with Gasteiger partial charge in [0.05, 0.1) is 12.0 Å². The van der Waals surface area contributed by atoms with Gasteiger partial charge in [-0.05, 0) is 18.9 Å². The first kappa shape index (κ1) is 15.3. The molecule has 0 atom stereocenters. The maximum atomic E-state index is 12.1. The summed E-state index contributed by atoms with van der Waals surface area (Å²) in [6.07, 6.45) is 5.09. The highest BCUT2D eigenvalue weighted by atomic mass is 16.6. The number of hydrogen-bond acceptors (Lipinski definition) is 5. The predicted molar refractivity (Wildman–Crippen MR) is 76.7 cm³/mol. The average Bonchev–Trinajstić information content (AvgIpc) is 2.52. The van der Waals surface area contributed by atoms with E-state index in [0.717, 1.165) is 25.7 Å². The Balaban J connectivity index is 2.04. The van der Waals surface area contributed by atoms with E-state index in [2.05, 4.69) is 0 Å². The molecule has 0 radical (unpaired) electrons. The predicted octanol–water partition coefficient (Wildman–Crippen LogP) is 3.13. The van der Waals surface area contributed by atoms with Crippen molar-refractivity contribution in [3.8, 4) is 11.5 Å². The van der Waals surface area contributed by atoms with Gasteiger partial charge in [0.15, 0.2) is 5.78 Å². The molecule has 0 saturated heterocycles. The van der Waals surface area contributed by atoms with E-state index in [1.807, 2.05) is 0 Å². The molecule has 1 aromatic carbocycles. The van der Waals surface area contributed by atoms with Crippen LogP contribution in [0, 0.1) is 16.0 Å². The van der Waals surface area contributed by atoms with Crippen LogP contribution in [0.5, 0.6) is 11.5 Å². The molecule has 2 rings (SSSR count). The number of hydrogen-bond donors (Lipinski definition) is 0. The number of ketones is 1. The van der Waals surface area contributed by atoms with Crippen LogP contribution in [0.4, 0.5) is 5.69 Å². The lowest BCUT2D eigenvalue weighted by atomic mass is 9.86. The Bertz CT molecular complexity index is 523. The average molecular weight is 293 g/mol. The van der Waals surface area contributed by atoms with Crippen molar-refractivity contribution in [3.63, 3.8) is 0 Å². The minimum Gasteiger partial charge on any atom is -0.497 e. The van der Waals surface area contributed by atoms with Crippen molar-refractivity contribution in [2.45, 2.75) is 32.1 Å². The molecule has 114 valence electrons. The first-order valence-corrected chi connectivity index (χ1v) is 7.09. The first-order chi connectivity index (χ1) is 10.1. The standard InChI is InChI=1S/C15H19NO5/c1-20-12-7-8-13(16(18)19)15(9-12)21-10-14(17)11-5-3-2-4-6-11/h7-9,11H,2-6,10H2,1H3. The smallest absolute Gasteiger partial charge is 0.311 e. The lowest BCUT2D eigenvalue weighted by Gasteiger charge is -2.20. The van der Waals surface area contributed by atoms with Crippen molar-refractivity contribution in [2.24, 2.45) is 5.92 Å². The summed E-state index contributed by atoms with van der Waals surface area (Å²) in [7, 11) is 1.47. The van der Waals surface area contributed by atoms with E-state index in [-0.39, 0.29) is 29.7 Å². The fraction of sp³-hybridized carbons (Fsp3) is 0.533. The van der Waals surface area contributed by atoms with Gasteiger partial charge in [0.25, 0.3) is 0 Å². The SMILES string of the molecule is COc1ccc([N+](=O)[O-])c(OCC(=O)C2CCCCC2)c1. The van der Waals surface area contributed by atoms with Crippen LogP contribution in [0.15, 0.2) is 18.2 Å². The van der Waals surface area contributed by atoms with E-state index in [1.165, 1.54) is 31.7 Å². The number of nitrogens with zero attached hydrogens (tertiary/aromatic N) is 1. The zero-order chi connectivity index (χ0) is 15.2. The second-order valence-electron chi connectivity index (χ2n) is 5.18. The van der Waals surface area contributed by atoms with E-state index in [0.29, 0.717) is 5.75 Å². The van der Waals surface area contributed by atoms with Gasteiger partial charge in [0, 0.05) is 18.1 Å². The third-order valence-corrected chi connectivity index (χ3v) is 3.79. The third kappa shape index (κ3) is 3.93. The highest BCUT2D eigenvalue weighted by Gasteiger charge is 2.23. The highest BCUT2D eigenvalue weighted by molar-refractivity contribution is 5.82. The van der Waals surface area contributed by atoms with Gasteiger partial charge in [0.2, 0.25) is 5.75 Å². The van der Waals surface area contributed by atoms with Gasteiger partial charge in [-0.1, -0.05) is 19.3 Å². The minimum atomic E-state index is -0.528. The highest BCUT2D eigenvalue weighted by Crippen LogP contribution is 2.31. The molecule has 1 aromatic rings. The van der Waals surface area contributed by atoms with Gasteiger partial charge in [-0.25, -0.2) is 0 Å². The molecule has 0 N–H and O–H groups in total. The molecule has 1 aliphatic rings. The summed E-state index contributed by atoms with van der Waals surface area (Å²) >= 11 is 0. The molecule has 0 unspecified atom stereocenters. The fourth-order valence-electron chi connectivity index (χ4n) is 2.58. The maximum absolute atomic E-state index is 12.1. The molecule has 6 heteroatoms. The summed E-state index contributed by atoms with van der Waals surface area (Å²) in [5.74, 6) is 0.583. The lowest BCUT2D eigenvalue weighted by Crippen LogP contribution is -2.23. The first-order valence-electron chi connectivity index (χ1n) is 7.09. The van der Waals surface area contributed by atoms with Crippen molar-refractivity contribution in [1.82, 2.24) is 0 Å². The molecular weight excluding hydrogens is 274 g/mol. The van der Waals surface area contributed by atoms with Crippen LogP contribution in [0.25, 0.3) is 0 Å². The van der Waals surface area contributed by atoms with E-state index >= 15 is 0 Å². The number of Topliss-reactive ketones (excluding diaryl/α,β-unsaturated/α-hetero) is 1. The molecule has 0 amide bonds. The number of nitro benzene ring substituents is 1. The fourth-order valence-corrected chi connectivity index (χ4v) is 2.58. The normalized spacial score (nSPS) is 15.5. The molecular formula is C15H19NO5. The Morgan fingerprint density at radius 1 is 1.33 bits per heavy atom. The van der Waals surface area contributed by atoms with Crippen LogP contribution < -0.4 is 9.47 Å². The van der Waals surface area contributed by atoms with Crippen molar-refractivity contribution >= 4 is 11.5 Å². The van der Waals surface area contributed by atoms with Crippen LogP contribution in [0.3, 0.4) is 0 Å². The molecule has 1 fully saturated rings. The van der Waals surface area contributed by atoms with Crippen molar-refractivity contribution in [3.05, 3.63) is 28.3 Å². The summed E-state index contributed by atoms with van der Waals surface area (Å²) in [4.78, 5) is 22.5. The van der Waals surface area contributed by atoms with E-state index in [4.69, 9.17) is 9.47 Å². The Hall–Kier alpha value is -2.11. The molecule has 6 nitrogen and oxygen atoms in total. The van der Waals surface area contributed by atoms with Crippen LogP contribution in [-0.2, 0) is 4.79 Å². The second-order valence-corrected chi connectivity index (χ2v) is 5.18. The van der Waals surface area contributed by atoms with Crippen LogP contribution in [-0.4, -0.2) is 24.4 Å². The van der Waals surface area contributed by atoms with Gasteiger partial charge in [-0.2, -0.15) is 0 Å². The van der Waals surface area contributed by atoms with Gasteiger partial charge in [0.1, 0.15) is 12.4 Å². The molecule has 1 aliphatic carbocycles. The van der Waals surface area contributed by atoms with E-state index in [1.54, 1.807) is 0 Å². The second kappa shape index (κ2) is 7.06.